The Morgan fingerprint density at radius 3 is 2.64 bits per heavy atom. The topological polar surface area (TPSA) is 38.3 Å². The van der Waals surface area contributed by atoms with Gasteiger partial charge in [0.05, 0.1) is 5.56 Å². The molecule has 0 aliphatic heterocycles. The summed E-state index contributed by atoms with van der Waals surface area (Å²) in [4.78, 5) is 13.5. The molecular formula is C21H19NO2S. The van der Waals surface area contributed by atoms with Crippen LogP contribution in [0.4, 0.5) is 5.69 Å². The average Bonchev–Trinajstić information content (AvgIpc) is 3.21. The second kappa shape index (κ2) is 6.73. The predicted molar refractivity (Wildman–Crippen MR) is 102 cm³/mol. The molecule has 2 aromatic carbocycles. The summed E-state index contributed by atoms with van der Waals surface area (Å²) in [5.41, 5.74) is 4.36. The zero-order valence-corrected chi connectivity index (χ0v) is 14.8. The van der Waals surface area contributed by atoms with Crippen molar-refractivity contribution in [1.82, 2.24) is 0 Å². The largest absolute Gasteiger partial charge is 0.423 e. The Labute approximate surface area is 151 Å². The van der Waals surface area contributed by atoms with Crippen molar-refractivity contribution in [3.05, 3.63) is 81.5 Å². The molecule has 1 aliphatic rings. The molecule has 1 unspecified atom stereocenters. The smallest absolute Gasteiger partial charge is 0.343 e. The Morgan fingerprint density at radius 1 is 1.08 bits per heavy atom. The van der Waals surface area contributed by atoms with Crippen LogP contribution in [0.1, 0.15) is 26.4 Å². The van der Waals surface area contributed by atoms with Crippen molar-refractivity contribution < 1.29 is 9.53 Å². The lowest BCUT2D eigenvalue weighted by Crippen LogP contribution is -2.19. The van der Waals surface area contributed by atoms with Crippen molar-refractivity contribution in [2.24, 2.45) is 0 Å². The van der Waals surface area contributed by atoms with Crippen molar-refractivity contribution in [3.63, 3.8) is 0 Å². The summed E-state index contributed by atoms with van der Waals surface area (Å²) < 4.78 is 5.53. The summed E-state index contributed by atoms with van der Waals surface area (Å²) in [5, 5.41) is 5.74. The van der Waals surface area contributed by atoms with Crippen LogP contribution in [0.5, 0.6) is 5.75 Å². The number of ether oxygens (including phenoxy) is 1. The molecule has 0 spiro atoms. The molecule has 0 saturated heterocycles. The number of thiophene rings is 1. The van der Waals surface area contributed by atoms with Crippen LogP contribution in [0, 0.1) is 6.92 Å². The number of aryl methyl sites for hydroxylation is 1. The van der Waals surface area contributed by atoms with Crippen LogP contribution in [0.15, 0.2) is 60.0 Å². The predicted octanol–water partition coefficient (Wildman–Crippen LogP) is 4.86. The first-order chi connectivity index (χ1) is 12.2. The lowest BCUT2D eigenvalue weighted by atomic mass is 10.1. The van der Waals surface area contributed by atoms with Crippen molar-refractivity contribution in [2.45, 2.75) is 25.8 Å². The zero-order chi connectivity index (χ0) is 17.2. The molecule has 25 heavy (non-hydrogen) atoms. The van der Waals surface area contributed by atoms with E-state index in [4.69, 9.17) is 4.74 Å². The molecule has 0 bridgehead atoms. The van der Waals surface area contributed by atoms with Gasteiger partial charge in [-0.1, -0.05) is 24.3 Å². The Kier molecular flexibility index (Phi) is 4.28. The number of esters is 1. The van der Waals surface area contributed by atoms with Crippen molar-refractivity contribution in [1.29, 1.82) is 0 Å². The van der Waals surface area contributed by atoms with Gasteiger partial charge in [0, 0.05) is 16.6 Å². The maximum atomic E-state index is 12.2. The first-order valence-electron chi connectivity index (χ1n) is 8.39. The van der Waals surface area contributed by atoms with E-state index >= 15 is 0 Å². The Balaban J connectivity index is 1.45. The summed E-state index contributed by atoms with van der Waals surface area (Å²) in [7, 11) is 0. The monoisotopic (exact) mass is 349 g/mol. The van der Waals surface area contributed by atoms with Gasteiger partial charge in [-0.3, -0.25) is 0 Å². The fourth-order valence-corrected chi connectivity index (χ4v) is 3.92. The number of hydrogen-bond donors (Lipinski definition) is 1. The van der Waals surface area contributed by atoms with E-state index in [2.05, 4.69) is 29.8 Å². The first kappa shape index (κ1) is 15.9. The molecule has 0 amide bonds. The molecule has 0 saturated carbocycles. The van der Waals surface area contributed by atoms with Gasteiger partial charge < -0.3 is 10.1 Å². The molecule has 1 heterocycles. The van der Waals surface area contributed by atoms with Gasteiger partial charge in [0.2, 0.25) is 0 Å². The highest BCUT2D eigenvalue weighted by molar-refractivity contribution is 7.10. The van der Waals surface area contributed by atoms with Gasteiger partial charge >= 0.3 is 5.97 Å². The molecule has 0 fully saturated rings. The van der Waals surface area contributed by atoms with Crippen LogP contribution < -0.4 is 10.1 Å². The van der Waals surface area contributed by atoms with Crippen LogP contribution in [0.2, 0.25) is 0 Å². The maximum Gasteiger partial charge on any atom is 0.343 e. The molecule has 1 N–H and O–H groups in total. The number of hydrogen-bond acceptors (Lipinski definition) is 4. The summed E-state index contributed by atoms with van der Waals surface area (Å²) in [6, 6.07) is 17.6. The minimum Gasteiger partial charge on any atom is -0.423 e. The van der Waals surface area contributed by atoms with Gasteiger partial charge in [0.25, 0.3) is 0 Å². The van der Waals surface area contributed by atoms with Gasteiger partial charge in [-0.2, -0.15) is 0 Å². The number of carbonyl (C=O) groups is 1. The third kappa shape index (κ3) is 3.44. The van der Waals surface area contributed by atoms with E-state index in [-0.39, 0.29) is 5.97 Å². The van der Waals surface area contributed by atoms with Crippen LogP contribution in [-0.4, -0.2) is 12.0 Å². The number of anilines is 1. The molecule has 1 aliphatic carbocycles. The van der Waals surface area contributed by atoms with E-state index in [9.17, 15) is 4.79 Å². The SMILES string of the molecule is Cc1sccc1NC1Cc2ccc(OC(=O)c3ccccc3)cc2C1. The lowest BCUT2D eigenvalue weighted by Gasteiger charge is -2.12. The van der Waals surface area contributed by atoms with E-state index in [1.54, 1.807) is 23.5 Å². The molecule has 4 rings (SSSR count). The number of carbonyl (C=O) groups excluding carboxylic acids is 1. The highest BCUT2D eigenvalue weighted by Crippen LogP contribution is 2.30. The Bertz CT molecular complexity index is 901. The van der Waals surface area contributed by atoms with E-state index < -0.39 is 0 Å². The van der Waals surface area contributed by atoms with Crippen LogP contribution in [-0.2, 0) is 12.8 Å². The summed E-state index contributed by atoms with van der Waals surface area (Å²) >= 11 is 1.76. The number of fused-ring (bicyclic) bond motifs is 1. The van der Waals surface area contributed by atoms with Crippen molar-refractivity contribution in [3.8, 4) is 5.75 Å². The van der Waals surface area contributed by atoms with Gasteiger partial charge in [-0.05, 0) is 66.6 Å². The lowest BCUT2D eigenvalue weighted by molar-refractivity contribution is 0.0734. The standard InChI is InChI=1S/C21H19NO2S/c1-14-20(9-10-25-14)22-18-11-16-7-8-19(13-17(16)12-18)24-21(23)15-5-3-2-4-6-15/h2-10,13,18,22H,11-12H2,1H3. The minimum atomic E-state index is -0.317. The normalized spacial score (nSPS) is 15.6. The number of benzene rings is 2. The molecule has 4 heteroatoms. The molecule has 3 nitrogen and oxygen atoms in total. The average molecular weight is 349 g/mol. The highest BCUT2D eigenvalue weighted by Gasteiger charge is 2.23. The van der Waals surface area contributed by atoms with E-state index in [1.807, 2.05) is 30.3 Å². The fourth-order valence-electron chi connectivity index (χ4n) is 3.25. The quantitative estimate of drug-likeness (QED) is 0.540. The van der Waals surface area contributed by atoms with Crippen LogP contribution in [0.3, 0.4) is 0 Å². The van der Waals surface area contributed by atoms with Crippen LogP contribution >= 0.6 is 11.3 Å². The van der Waals surface area contributed by atoms with E-state index in [1.165, 1.54) is 21.7 Å². The van der Waals surface area contributed by atoms with Crippen molar-refractivity contribution >= 4 is 23.0 Å². The second-order valence-electron chi connectivity index (χ2n) is 6.33. The third-order valence-corrected chi connectivity index (χ3v) is 5.39. The fraction of sp³-hybridized carbons (Fsp3) is 0.190. The number of rotatable bonds is 4. The van der Waals surface area contributed by atoms with Gasteiger partial charge in [-0.15, -0.1) is 11.3 Å². The number of nitrogens with one attached hydrogen (secondary N) is 1. The first-order valence-corrected chi connectivity index (χ1v) is 9.26. The minimum absolute atomic E-state index is 0.317. The molecule has 0 radical (unpaired) electrons. The van der Waals surface area contributed by atoms with E-state index in [0.29, 0.717) is 17.4 Å². The maximum absolute atomic E-state index is 12.2. The summed E-state index contributed by atoms with van der Waals surface area (Å²) in [5.74, 6) is 0.294. The molecular weight excluding hydrogens is 330 g/mol. The molecule has 3 aromatic rings. The van der Waals surface area contributed by atoms with E-state index in [0.717, 1.165) is 12.8 Å². The van der Waals surface area contributed by atoms with Crippen molar-refractivity contribution in [2.75, 3.05) is 5.32 Å². The van der Waals surface area contributed by atoms with Crippen LogP contribution in [0.25, 0.3) is 0 Å². The summed E-state index contributed by atoms with van der Waals surface area (Å²) in [6.07, 6.45) is 1.94. The Hall–Kier alpha value is -2.59. The van der Waals surface area contributed by atoms with Gasteiger partial charge in [0.15, 0.2) is 0 Å². The zero-order valence-electron chi connectivity index (χ0n) is 14.0. The molecule has 1 aromatic heterocycles. The Morgan fingerprint density at radius 2 is 1.88 bits per heavy atom. The summed E-state index contributed by atoms with van der Waals surface area (Å²) in [6.45, 7) is 2.14. The van der Waals surface area contributed by atoms with Gasteiger partial charge in [-0.25, -0.2) is 4.79 Å². The highest BCUT2D eigenvalue weighted by atomic mass is 32.1. The second-order valence-corrected chi connectivity index (χ2v) is 7.45. The molecule has 1 atom stereocenters. The molecule has 126 valence electrons. The van der Waals surface area contributed by atoms with Gasteiger partial charge in [0.1, 0.15) is 5.75 Å². The third-order valence-electron chi connectivity index (χ3n) is 4.55.